The summed E-state index contributed by atoms with van der Waals surface area (Å²) in [6.45, 7) is 0. The molecule has 0 bridgehead atoms. The molecule has 1 atom stereocenters. The fourth-order valence-electron chi connectivity index (χ4n) is 0.415. The van der Waals surface area contributed by atoms with Crippen molar-refractivity contribution in [3.63, 3.8) is 0 Å². The van der Waals surface area contributed by atoms with Crippen LogP contribution in [0.25, 0.3) is 0 Å². The summed E-state index contributed by atoms with van der Waals surface area (Å²) in [5.41, 5.74) is 0. The van der Waals surface area contributed by atoms with Crippen molar-refractivity contribution >= 4 is 25.8 Å². The lowest BCUT2D eigenvalue weighted by Crippen LogP contribution is -1.55. The third-order valence-electron chi connectivity index (χ3n) is 0.733. The van der Waals surface area contributed by atoms with E-state index in [1.54, 1.807) is 0 Å². The predicted molar refractivity (Wildman–Crippen MR) is 48.9 cm³/mol. The second kappa shape index (κ2) is 6.21. The van der Waals surface area contributed by atoms with Gasteiger partial charge < -0.3 is 5.48 Å². The minimum absolute atomic E-state index is 0. The zero-order valence-corrected chi connectivity index (χ0v) is 7.97. The molecular weight excluding hydrogens is 199 g/mol. The van der Waals surface area contributed by atoms with E-state index in [4.69, 9.17) is 0 Å². The van der Waals surface area contributed by atoms with Crippen LogP contribution in [0.2, 0.25) is 0 Å². The molecular formula is C6H10BrOP. The van der Waals surface area contributed by atoms with Crippen molar-refractivity contribution in [1.29, 1.82) is 0 Å². The highest BCUT2D eigenvalue weighted by molar-refractivity contribution is 9.10. The van der Waals surface area contributed by atoms with Crippen LogP contribution in [0.15, 0.2) is 34.8 Å². The summed E-state index contributed by atoms with van der Waals surface area (Å²) in [4.78, 5) is 0. The van der Waals surface area contributed by atoms with Gasteiger partial charge in [0.25, 0.3) is 0 Å². The Kier molecular flexibility index (Phi) is 8.17. The second-order valence-electron chi connectivity index (χ2n) is 1.30. The van der Waals surface area contributed by atoms with Gasteiger partial charge in [-0.05, 0) is 12.1 Å². The standard InChI is InChI=1S/C6H5Br.H2O.H3P/c7-6-4-2-1-3-5-6;;/h1-5H;1H2;1H3. The molecule has 1 unspecified atom stereocenters. The molecule has 0 aliphatic carbocycles. The molecule has 0 fully saturated rings. The highest BCUT2D eigenvalue weighted by Crippen LogP contribution is 2.05. The Morgan fingerprint density at radius 3 is 1.67 bits per heavy atom. The summed E-state index contributed by atoms with van der Waals surface area (Å²) in [6.07, 6.45) is 0. The lowest BCUT2D eigenvalue weighted by Gasteiger charge is -1.80. The van der Waals surface area contributed by atoms with E-state index in [1.165, 1.54) is 0 Å². The van der Waals surface area contributed by atoms with Crippen LogP contribution in [0.1, 0.15) is 0 Å². The molecule has 0 saturated heterocycles. The largest absolute Gasteiger partial charge is 0.412 e. The van der Waals surface area contributed by atoms with E-state index in [-0.39, 0.29) is 15.4 Å². The van der Waals surface area contributed by atoms with E-state index >= 15 is 0 Å². The Balaban J connectivity index is 0. The van der Waals surface area contributed by atoms with Gasteiger partial charge in [0, 0.05) is 4.47 Å². The predicted octanol–water partition coefficient (Wildman–Crippen LogP) is 1.68. The molecule has 1 rings (SSSR count). The summed E-state index contributed by atoms with van der Waals surface area (Å²) < 4.78 is 1.13. The number of rotatable bonds is 0. The van der Waals surface area contributed by atoms with Crippen molar-refractivity contribution in [2.45, 2.75) is 0 Å². The Labute approximate surface area is 66.5 Å². The molecule has 0 heterocycles. The fraction of sp³-hybridized carbons (Fsp3) is 0. The minimum Gasteiger partial charge on any atom is -0.412 e. The van der Waals surface area contributed by atoms with Crippen LogP contribution >= 0.6 is 25.8 Å². The van der Waals surface area contributed by atoms with E-state index in [9.17, 15) is 0 Å². The Bertz CT molecular complexity index is 143. The normalized spacial score (nSPS) is 6.78. The van der Waals surface area contributed by atoms with Gasteiger partial charge in [0.1, 0.15) is 0 Å². The quantitative estimate of drug-likeness (QED) is 0.582. The molecule has 2 N–H and O–H groups in total. The number of halogens is 1. The Hall–Kier alpha value is 0.0900. The Morgan fingerprint density at radius 2 is 1.44 bits per heavy atom. The molecule has 52 valence electrons. The average molecular weight is 209 g/mol. The summed E-state index contributed by atoms with van der Waals surface area (Å²) in [5, 5.41) is 0. The molecule has 0 aliphatic heterocycles. The number of hydrogen-bond donors (Lipinski definition) is 0. The van der Waals surface area contributed by atoms with E-state index in [0.29, 0.717) is 0 Å². The van der Waals surface area contributed by atoms with Crippen molar-refractivity contribution in [2.75, 3.05) is 0 Å². The maximum atomic E-state index is 3.31. The fourth-order valence-corrected chi connectivity index (χ4v) is 0.720. The second-order valence-corrected chi connectivity index (χ2v) is 2.21. The van der Waals surface area contributed by atoms with Gasteiger partial charge in [0.05, 0.1) is 0 Å². The molecule has 0 aliphatic rings. The molecule has 9 heavy (non-hydrogen) atoms. The van der Waals surface area contributed by atoms with E-state index in [0.717, 1.165) is 4.47 Å². The molecule has 1 aromatic carbocycles. The topological polar surface area (TPSA) is 31.5 Å². The monoisotopic (exact) mass is 208 g/mol. The average Bonchev–Trinajstić information content (AvgIpc) is 1.69. The minimum atomic E-state index is 0. The summed E-state index contributed by atoms with van der Waals surface area (Å²) in [5.74, 6) is 0. The molecule has 1 aromatic rings. The van der Waals surface area contributed by atoms with Crippen LogP contribution in [-0.2, 0) is 0 Å². The van der Waals surface area contributed by atoms with Crippen molar-refractivity contribution in [2.24, 2.45) is 0 Å². The van der Waals surface area contributed by atoms with Crippen LogP contribution in [-0.4, -0.2) is 5.48 Å². The molecule has 0 amide bonds. The van der Waals surface area contributed by atoms with Crippen LogP contribution < -0.4 is 0 Å². The smallest absolute Gasteiger partial charge is 0.0175 e. The summed E-state index contributed by atoms with van der Waals surface area (Å²) >= 11 is 3.31. The van der Waals surface area contributed by atoms with Gasteiger partial charge in [-0.15, -0.1) is 0 Å². The summed E-state index contributed by atoms with van der Waals surface area (Å²) in [7, 11) is 0. The molecule has 0 saturated carbocycles. The zero-order chi connectivity index (χ0) is 5.11. The molecule has 0 aromatic heterocycles. The Morgan fingerprint density at radius 1 is 1.00 bits per heavy atom. The van der Waals surface area contributed by atoms with Crippen LogP contribution in [0.3, 0.4) is 0 Å². The van der Waals surface area contributed by atoms with Crippen molar-refractivity contribution in [3.05, 3.63) is 34.8 Å². The van der Waals surface area contributed by atoms with E-state index in [2.05, 4.69) is 15.9 Å². The third kappa shape index (κ3) is 4.58. The van der Waals surface area contributed by atoms with Gasteiger partial charge in [0.15, 0.2) is 0 Å². The van der Waals surface area contributed by atoms with Gasteiger partial charge in [-0.2, -0.15) is 9.90 Å². The third-order valence-corrected chi connectivity index (χ3v) is 1.26. The van der Waals surface area contributed by atoms with Gasteiger partial charge in [-0.3, -0.25) is 0 Å². The first-order chi connectivity index (χ1) is 3.39. The first kappa shape index (κ1) is 11.8. The first-order valence-corrected chi connectivity index (χ1v) is 2.89. The number of hydrogen-bond acceptors (Lipinski definition) is 0. The van der Waals surface area contributed by atoms with Crippen molar-refractivity contribution < 1.29 is 5.48 Å². The van der Waals surface area contributed by atoms with Crippen LogP contribution in [0.5, 0.6) is 0 Å². The highest BCUT2D eigenvalue weighted by Gasteiger charge is 1.74. The van der Waals surface area contributed by atoms with Crippen molar-refractivity contribution in [3.8, 4) is 0 Å². The van der Waals surface area contributed by atoms with Crippen molar-refractivity contribution in [1.82, 2.24) is 0 Å². The highest BCUT2D eigenvalue weighted by atomic mass is 79.9. The van der Waals surface area contributed by atoms with E-state index < -0.39 is 0 Å². The van der Waals surface area contributed by atoms with Gasteiger partial charge in [0.2, 0.25) is 0 Å². The SMILES string of the molecule is Brc1ccccc1.O.P. The molecule has 0 spiro atoms. The van der Waals surface area contributed by atoms with Gasteiger partial charge in [-0.25, -0.2) is 0 Å². The lowest BCUT2D eigenvalue weighted by atomic mass is 10.4. The van der Waals surface area contributed by atoms with Crippen LogP contribution in [0.4, 0.5) is 0 Å². The van der Waals surface area contributed by atoms with Gasteiger partial charge in [-0.1, -0.05) is 34.1 Å². The summed E-state index contributed by atoms with van der Waals surface area (Å²) in [6, 6.07) is 9.97. The molecule has 0 radical (unpaired) electrons. The molecule has 1 nitrogen and oxygen atoms in total. The maximum absolute atomic E-state index is 3.31. The zero-order valence-electron chi connectivity index (χ0n) is 4.97. The van der Waals surface area contributed by atoms with Crippen LogP contribution in [0, 0.1) is 0 Å². The van der Waals surface area contributed by atoms with E-state index in [1.807, 2.05) is 30.3 Å². The maximum Gasteiger partial charge on any atom is 0.0175 e. The first-order valence-electron chi connectivity index (χ1n) is 2.10. The van der Waals surface area contributed by atoms with Gasteiger partial charge >= 0.3 is 0 Å². The molecule has 3 heteroatoms. The lowest BCUT2D eigenvalue weighted by molar-refractivity contribution is 0.824. The number of benzene rings is 1.